The number of hydrogen-bond acceptors (Lipinski definition) is 1. The van der Waals surface area contributed by atoms with Crippen LogP contribution in [0.25, 0.3) is 0 Å². The summed E-state index contributed by atoms with van der Waals surface area (Å²) in [4.78, 5) is 2.20. The van der Waals surface area contributed by atoms with Gasteiger partial charge in [0.25, 0.3) is 0 Å². The molecule has 0 spiro atoms. The summed E-state index contributed by atoms with van der Waals surface area (Å²) in [6.45, 7) is 1.96. The Bertz CT molecular complexity index is 356. The first-order valence-electron chi connectivity index (χ1n) is 5.32. The molecular weight excluding hydrogens is 215 g/mol. The van der Waals surface area contributed by atoms with Crippen molar-refractivity contribution in [2.24, 2.45) is 0 Å². The molecule has 1 fully saturated rings. The molecule has 4 heteroatoms. The van der Waals surface area contributed by atoms with E-state index in [0.29, 0.717) is 5.92 Å². The average Bonchev–Trinajstić information content (AvgIpc) is 2.64. The van der Waals surface area contributed by atoms with Crippen molar-refractivity contribution in [3.8, 4) is 0 Å². The molecule has 1 nitrogen and oxygen atoms in total. The Kier molecular flexibility index (Phi) is 2.93. The predicted octanol–water partition coefficient (Wildman–Crippen LogP) is 3.12. The number of likely N-dealkylation sites (N-methyl/N-ethyl adjacent to an activating group) is 1. The van der Waals surface area contributed by atoms with Crippen molar-refractivity contribution in [3.63, 3.8) is 0 Å². The molecule has 0 bridgehead atoms. The van der Waals surface area contributed by atoms with Crippen molar-refractivity contribution in [2.45, 2.75) is 18.5 Å². The van der Waals surface area contributed by atoms with Gasteiger partial charge in [-0.05, 0) is 43.6 Å². The highest BCUT2D eigenvalue weighted by Gasteiger charge is 2.30. The number of halogens is 3. The van der Waals surface area contributed by atoms with Crippen LogP contribution < -0.4 is 0 Å². The molecule has 0 unspecified atom stereocenters. The van der Waals surface area contributed by atoms with Crippen LogP contribution in [0.5, 0.6) is 0 Å². The minimum atomic E-state index is -4.23. The van der Waals surface area contributed by atoms with Gasteiger partial charge in [-0.3, -0.25) is 0 Å². The maximum absolute atomic E-state index is 12.4. The number of benzene rings is 1. The zero-order chi connectivity index (χ0) is 11.8. The van der Waals surface area contributed by atoms with Gasteiger partial charge in [0.15, 0.2) is 0 Å². The number of nitrogens with zero attached hydrogens (tertiary/aromatic N) is 1. The molecular formula is C12H14F3N. The fraction of sp³-hybridized carbons (Fsp3) is 0.500. The van der Waals surface area contributed by atoms with E-state index in [9.17, 15) is 13.2 Å². The van der Waals surface area contributed by atoms with E-state index >= 15 is 0 Å². The van der Waals surface area contributed by atoms with Crippen molar-refractivity contribution < 1.29 is 13.2 Å². The molecule has 1 aromatic rings. The summed E-state index contributed by atoms with van der Waals surface area (Å²) >= 11 is 0. The second-order valence-corrected chi connectivity index (χ2v) is 4.37. The Morgan fingerprint density at radius 1 is 1.19 bits per heavy atom. The summed E-state index contributed by atoms with van der Waals surface area (Å²) in [5.41, 5.74) is 0.444. The highest BCUT2D eigenvalue weighted by Crippen LogP contribution is 2.32. The molecule has 0 radical (unpaired) electrons. The van der Waals surface area contributed by atoms with E-state index in [1.165, 1.54) is 12.1 Å². The van der Waals surface area contributed by atoms with E-state index in [0.717, 1.165) is 25.1 Å². The highest BCUT2D eigenvalue weighted by atomic mass is 19.4. The first kappa shape index (κ1) is 11.5. The minimum absolute atomic E-state index is 0.382. The van der Waals surface area contributed by atoms with Crippen LogP contribution in [0.3, 0.4) is 0 Å². The first-order valence-corrected chi connectivity index (χ1v) is 5.32. The normalized spacial score (nSPS) is 22.6. The van der Waals surface area contributed by atoms with Crippen LogP contribution in [0.2, 0.25) is 0 Å². The number of likely N-dealkylation sites (tertiary alicyclic amines) is 1. The van der Waals surface area contributed by atoms with Crippen LogP contribution in [0, 0.1) is 0 Å². The summed E-state index contributed by atoms with van der Waals surface area (Å²) in [7, 11) is 2.03. The quantitative estimate of drug-likeness (QED) is 0.715. The largest absolute Gasteiger partial charge is 0.416 e. The maximum Gasteiger partial charge on any atom is 0.416 e. The lowest BCUT2D eigenvalue weighted by molar-refractivity contribution is -0.137. The molecule has 1 saturated heterocycles. The van der Waals surface area contributed by atoms with Gasteiger partial charge in [0.2, 0.25) is 0 Å². The molecule has 0 N–H and O–H groups in total. The molecule has 1 aromatic carbocycles. The zero-order valence-electron chi connectivity index (χ0n) is 9.09. The van der Waals surface area contributed by atoms with Crippen LogP contribution in [0.4, 0.5) is 13.2 Å². The SMILES string of the molecule is CN1CC[C@H](c2ccc(C(F)(F)F)cc2)C1. The van der Waals surface area contributed by atoms with Crippen LogP contribution in [-0.2, 0) is 6.18 Å². The van der Waals surface area contributed by atoms with Gasteiger partial charge < -0.3 is 4.90 Å². The Hall–Kier alpha value is -1.03. The molecule has 1 aliphatic rings. The number of rotatable bonds is 1. The molecule has 0 aliphatic carbocycles. The van der Waals surface area contributed by atoms with Gasteiger partial charge in [-0.15, -0.1) is 0 Å². The molecule has 0 aromatic heterocycles. The van der Waals surface area contributed by atoms with E-state index in [1.54, 1.807) is 12.1 Å². The van der Waals surface area contributed by atoms with Gasteiger partial charge in [0, 0.05) is 6.54 Å². The molecule has 16 heavy (non-hydrogen) atoms. The third-order valence-electron chi connectivity index (χ3n) is 3.10. The molecule has 1 atom stereocenters. The summed E-state index contributed by atoms with van der Waals surface area (Å²) in [5.74, 6) is 0.382. The standard InChI is InChI=1S/C12H14F3N/c1-16-7-6-10(8-16)9-2-4-11(5-3-9)12(13,14)15/h2-5,10H,6-8H2,1H3/t10-/m0/s1. The third kappa shape index (κ3) is 2.38. The predicted molar refractivity (Wildman–Crippen MR) is 56.3 cm³/mol. The van der Waals surface area contributed by atoms with Crippen LogP contribution in [0.15, 0.2) is 24.3 Å². The van der Waals surface area contributed by atoms with E-state index in [4.69, 9.17) is 0 Å². The average molecular weight is 229 g/mol. The van der Waals surface area contributed by atoms with Crippen LogP contribution in [0.1, 0.15) is 23.5 Å². The molecule has 1 heterocycles. The molecule has 0 saturated carbocycles. The van der Waals surface area contributed by atoms with Crippen LogP contribution >= 0.6 is 0 Å². The lowest BCUT2D eigenvalue weighted by atomic mass is 9.97. The summed E-state index contributed by atoms with van der Waals surface area (Å²) < 4.78 is 37.1. The second-order valence-electron chi connectivity index (χ2n) is 4.37. The fourth-order valence-electron chi connectivity index (χ4n) is 2.15. The fourth-order valence-corrected chi connectivity index (χ4v) is 2.15. The van der Waals surface area contributed by atoms with Gasteiger partial charge in [0.05, 0.1) is 5.56 Å². The Balaban J connectivity index is 2.14. The number of alkyl halides is 3. The topological polar surface area (TPSA) is 3.24 Å². The summed E-state index contributed by atoms with van der Waals surface area (Å²) in [6, 6.07) is 5.56. The molecule has 0 amide bonds. The van der Waals surface area contributed by atoms with Gasteiger partial charge in [-0.1, -0.05) is 12.1 Å². The van der Waals surface area contributed by atoms with E-state index in [2.05, 4.69) is 4.90 Å². The Labute approximate surface area is 92.9 Å². The monoisotopic (exact) mass is 229 g/mol. The van der Waals surface area contributed by atoms with Gasteiger partial charge >= 0.3 is 6.18 Å². The van der Waals surface area contributed by atoms with Crippen molar-refractivity contribution in [1.29, 1.82) is 0 Å². The lowest BCUT2D eigenvalue weighted by Gasteiger charge is -2.12. The van der Waals surface area contributed by atoms with Crippen molar-refractivity contribution in [3.05, 3.63) is 35.4 Å². The van der Waals surface area contributed by atoms with E-state index < -0.39 is 11.7 Å². The first-order chi connectivity index (χ1) is 7.47. The summed E-state index contributed by atoms with van der Waals surface area (Å²) in [6.07, 6.45) is -3.20. The van der Waals surface area contributed by atoms with Crippen molar-refractivity contribution in [2.75, 3.05) is 20.1 Å². The van der Waals surface area contributed by atoms with E-state index in [1.807, 2.05) is 7.05 Å². The second kappa shape index (κ2) is 4.09. The van der Waals surface area contributed by atoms with Gasteiger partial charge in [-0.25, -0.2) is 0 Å². The van der Waals surface area contributed by atoms with E-state index in [-0.39, 0.29) is 0 Å². The van der Waals surface area contributed by atoms with Crippen molar-refractivity contribution in [1.82, 2.24) is 4.90 Å². The van der Waals surface area contributed by atoms with Gasteiger partial charge in [0.1, 0.15) is 0 Å². The molecule has 1 aliphatic heterocycles. The molecule has 2 rings (SSSR count). The number of hydrogen-bond donors (Lipinski definition) is 0. The van der Waals surface area contributed by atoms with Crippen LogP contribution in [-0.4, -0.2) is 25.0 Å². The minimum Gasteiger partial charge on any atom is -0.306 e. The third-order valence-corrected chi connectivity index (χ3v) is 3.10. The lowest BCUT2D eigenvalue weighted by Crippen LogP contribution is -2.13. The Morgan fingerprint density at radius 3 is 2.25 bits per heavy atom. The molecule has 88 valence electrons. The maximum atomic E-state index is 12.4. The highest BCUT2D eigenvalue weighted by molar-refractivity contribution is 5.27. The van der Waals surface area contributed by atoms with Crippen molar-refractivity contribution >= 4 is 0 Å². The zero-order valence-corrected chi connectivity index (χ0v) is 9.09. The van der Waals surface area contributed by atoms with Gasteiger partial charge in [-0.2, -0.15) is 13.2 Å². The smallest absolute Gasteiger partial charge is 0.306 e. The summed E-state index contributed by atoms with van der Waals surface area (Å²) in [5, 5.41) is 0. The Morgan fingerprint density at radius 2 is 1.81 bits per heavy atom.